The summed E-state index contributed by atoms with van der Waals surface area (Å²) in [4.78, 5) is 0. The number of hydrogen-bond acceptors (Lipinski definition) is 2. The SMILES string of the molecule is CCn1cc(CNCc2ccccc2F)c(C)n1. The van der Waals surface area contributed by atoms with Crippen LogP contribution in [0.25, 0.3) is 0 Å². The highest BCUT2D eigenvalue weighted by Crippen LogP contribution is 2.08. The predicted molar refractivity (Wildman–Crippen MR) is 69.6 cm³/mol. The van der Waals surface area contributed by atoms with Gasteiger partial charge in [0.05, 0.1) is 5.69 Å². The van der Waals surface area contributed by atoms with Gasteiger partial charge in [-0.1, -0.05) is 18.2 Å². The third kappa shape index (κ3) is 2.96. The van der Waals surface area contributed by atoms with Crippen LogP contribution in [0.2, 0.25) is 0 Å². The first-order valence-electron chi connectivity index (χ1n) is 6.17. The Labute approximate surface area is 107 Å². The van der Waals surface area contributed by atoms with Crippen molar-refractivity contribution in [3.05, 3.63) is 53.1 Å². The maximum absolute atomic E-state index is 13.4. The minimum absolute atomic E-state index is 0.161. The third-order valence-electron chi connectivity index (χ3n) is 2.96. The van der Waals surface area contributed by atoms with E-state index in [1.165, 1.54) is 6.07 Å². The molecule has 0 fully saturated rings. The molecule has 0 saturated carbocycles. The molecule has 0 aliphatic carbocycles. The van der Waals surface area contributed by atoms with Gasteiger partial charge in [0.15, 0.2) is 0 Å². The van der Waals surface area contributed by atoms with Crippen LogP contribution in [0.1, 0.15) is 23.7 Å². The van der Waals surface area contributed by atoms with Crippen LogP contribution in [-0.4, -0.2) is 9.78 Å². The third-order valence-corrected chi connectivity index (χ3v) is 2.96. The molecule has 0 aliphatic rings. The second-order valence-electron chi connectivity index (χ2n) is 4.29. The normalized spacial score (nSPS) is 10.8. The Bertz CT molecular complexity index is 520. The summed E-state index contributed by atoms with van der Waals surface area (Å²) in [6, 6.07) is 6.83. The van der Waals surface area contributed by atoms with Crippen molar-refractivity contribution in [2.45, 2.75) is 33.5 Å². The van der Waals surface area contributed by atoms with Gasteiger partial charge in [-0.05, 0) is 19.9 Å². The van der Waals surface area contributed by atoms with Gasteiger partial charge in [0, 0.05) is 37.0 Å². The molecular formula is C14H18FN3. The molecule has 0 bridgehead atoms. The minimum Gasteiger partial charge on any atom is -0.308 e. The maximum atomic E-state index is 13.4. The molecule has 1 aromatic carbocycles. The first-order chi connectivity index (χ1) is 8.70. The van der Waals surface area contributed by atoms with Crippen molar-refractivity contribution >= 4 is 0 Å². The number of nitrogens with zero attached hydrogens (tertiary/aromatic N) is 2. The van der Waals surface area contributed by atoms with Crippen molar-refractivity contribution in [1.29, 1.82) is 0 Å². The minimum atomic E-state index is -0.161. The molecule has 1 heterocycles. The molecule has 0 spiro atoms. The summed E-state index contributed by atoms with van der Waals surface area (Å²) in [5, 5.41) is 7.62. The summed E-state index contributed by atoms with van der Waals surface area (Å²) in [7, 11) is 0. The van der Waals surface area contributed by atoms with Gasteiger partial charge in [-0.3, -0.25) is 4.68 Å². The Kier molecular flexibility index (Phi) is 4.10. The van der Waals surface area contributed by atoms with Crippen LogP contribution < -0.4 is 5.32 Å². The van der Waals surface area contributed by atoms with Crippen LogP contribution >= 0.6 is 0 Å². The van der Waals surface area contributed by atoms with E-state index in [4.69, 9.17) is 0 Å². The van der Waals surface area contributed by atoms with Gasteiger partial charge in [0.1, 0.15) is 5.82 Å². The topological polar surface area (TPSA) is 29.9 Å². The molecule has 96 valence electrons. The maximum Gasteiger partial charge on any atom is 0.127 e. The first kappa shape index (κ1) is 12.8. The van der Waals surface area contributed by atoms with Crippen LogP contribution in [-0.2, 0) is 19.6 Å². The van der Waals surface area contributed by atoms with Crippen molar-refractivity contribution in [2.24, 2.45) is 0 Å². The first-order valence-corrected chi connectivity index (χ1v) is 6.17. The van der Waals surface area contributed by atoms with Gasteiger partial charge in [-0.15, -0.1) is 0 Å². The Hall–Kier alpha value is -1.68. The van der Waals surface area contributed by atoms with E-state index in [1.54, 1.807) is 12.1 Å². The summed E-state index contributed by atoms with van der Waals surface area (Å²) >= 11 is 0. The standard InChI is InChI=1S/C14H18FN3/c1-3-18-10-13(11(2)17-18)9-16-8-12-6-4-5-7-14(12)15/h4-7,10,16H,3,8-9H2,1-2H3. The number of aryl methyl sites for hydroxylation is 2. The second-order valence-corrected chi connectivity index (χ2v) is 4.29. The predicted octanol–water partition coefficient (Wildman–Crippen LogP) is 2.64. The number of halogens is 1. The monoisotopic (exact) mass is 247 g/mol. The van der Waals surface area contributed by atoms with E-state index >= 15 is 0 Å². The smallest absolute Gasteiger partial charge is 0.127 e. The second kappa shape index (κ2) is 5.78. The Morgan fingerprint density at radius 1 is 1.22 bits per heavy atom. The Morgan fingerprint density at radius 2 is 1.94 bits per heavy atom. The molecule has 0 saturated heterocycles. The van der Waals surface area contributed by atoms with Crippen molar-refractivity contribution in [3.63, 3.8) is 0 Å². The quantitative estimate of drug-likeness (QED) is 0.880. The van der Waals surface area contributed by atoms with Crippen molar-refractivity contribution in [3.8, 4) is 0 Å². The zero-order valence-corrected chi connectivity index (χ0v) is 10.8. The van der Waals surface area contributed by atoms with Crippen LogP contribution in [0.4, 0.5) is 4.39 Å². The molecule has 2 aromatic rings. The van der Waals surface area contributed by atoms with Crippen molar-refractivity contribution in [2.75, 3.05) is 0 Å². The highest BCUT2D eigenvalue weighted by molar-refractivity contribution is 5.18. The van der Waals surface area contributed by atoms with Crippen LogP contribution in [0.5, 0.6) is 0 Å². The lowest BCUT2D eigenvalue weighted by Crippen LogP contribution is -2.13. The fraction of sp³-hybridized carbons (Fsp3) is 0.357. The zero-order chi connectivity index (χ0) is 13.0. The molecule has 18 heavy (non-hydrogen) atoms. The lowest BCUT2D eigenvalue weighted by molar-refractivity contribution is 0.587. The van der Waals surface area contributed by atoms with E-state index in [0.29, 0.717) is 18.7 Å². The zero-order valence-electron chi connectivity index (χ0n) is 10.8. The molecule has 0 aliphatic heterocycles. The Morgan fingerprint density at radius 3 is 2.61 bits per heavy atom. The van der Waals surface area contributed by atoms with Crippen LogP contribution in [0.15, 0.2) is 30.5 Å². The number of hydrogen-bond donors (Lipinski definition) is 1. The molecule has 3 nitrogen and oxygen atoms in total. The molecule has 4 heteroatoms. The summed E-state index contributed by atoms with van der Waals surface area (Å²) in [5.41, 5.74) is 2.88. The number of benzene rings is 1. The fourth-order valence-corrected chi connectivity index (χ4v) is 1.87. The summed E-state index contributed by atoms with van der Waals surface area (Å²) in [5.74, 6) is -0.161. The highest BCUT2D eigenvalue weighted by atomic mass is 19.1. The van der Waals surface area contributed by atoms with E-state index in [2.05, 4.69) is 17.3 Å². The van der Waals surface area contributed by atoms with Crippen LogP contribution in [0.3, 0.4) is 0 Å². The van der Waals surface area contributed by atoms with Gasteiger partial charge in [-0.25, -0.2) is 4.39 Å². The molecule has 1 aromatic heterocycles. The summed E-state index contributed by atoms with van der Waals surface area (Å²) in [6.45, 7) is 6.16. The molecule has 0 unspecified atom stereocenters. The van der Waals surface area contributed by atoms with E-state index in [9.17, 15) is 4.39 Å². The molecule has 1 N–H and O–H groups in total. The molecule has 0 atom stereocenters. The van der Waals surface area contributed by atoms with E-state index < -0.39 is 0 Å². The van der Waals surface area contributed by atoms with Gasteiger partial charge in [0.2, 0.25) is 0 Å². The van der Waals surface area contributed by atoms with Gasteiger partial charge < -0.3 is 5.32 Å². The average molecular weight is 247 g/mol. The van der Waals surface area contributed by atoms with Crippen molar-refractivity contribution in [1.82, 2.24) is 15.1 Å². The number of aromatic nitrogens is 2. The van der Waals surface area contributed by atoms with Crippen LogP contribution in [0, 0.1) is 12.7 Å². The summed E-state index contributed by atoms with van der Waals surface area (Å²) < 4.78 is 15.3. The lowest BCUT2D eigenvalue weighted by Gasteiger charge is -2.05. The average Bonchev–Trinajstić information content (AvgIpc) is 2.73. The van der Waals surface area contributed by atoms with Crippen molar-refractivity contribution < 1.29 is 4.39 Å². The largest absolute Gasteiger partial charge is 0.308 e. The summed E-state index contributed by atoms with van der Waals surface area (Å²) in [6.07, 6.45) is 2.03. The molecule has 0 amide bonds. The van der Waals surface area contributed by atoms with E-state index in [1.807, 2.05) is 23.9 Å². The molecular weight excluding hydrogens is 229 g/mol. The Balaban J connectivity index is 1.92. The van der Waals surface area contributed by atoms with E-state index in [-0.39, 0.29) is 5.82 Å². The van der Waals surface area contributed by atoms with Gasteiger partial charge >= 0.3 is 0 Å². The molecule has 2 rings (SSSR count). The molecule has 0 radical (unpaired) electrons. The van der Waals surface area contributed by atoms with Gasteiger partial charge in [0.25, 0.3) is 0 Å². The van der Waals surface area contributed by atoms with Gasteiger partial charge in [-0.2, -0.15) is 5.10 Å². The van der Waals surface area contributed by atoms with E-state index in [0.717, 1.165) is 17.8 Å². The number of rotatable bonds is 5. The highest BCUT2D eigenvalue weighted by Gasteiger charge is 2.04. The fourth-order valence-electron chi connectivity index (χ4n) is 1.87. The number of nitrogens with one attached hydrogen (secondary N) is 1. The lowest BCUT2D eigenvalue weighted by atomic mass is 10.2.